The number of aromatic nitrogens is 7. The summed E-state index contributed by atoms with van der Waals surface area (Å²) in [4.78, 5) is 4.78. The van der Waals surface area contributed by atoms with Crippen molar-refractivity contribution in [3.05, 3.63) is 36.3 Å². The Hall–Kier alpha value is -2.61. The predicted octanol–water partition coefficient (Wildman–Crippen LogP) is 2.44. The van der Waals surface area contributed by atoms with E-state index in [1.165, 1.54) is 11.3 Å². The van der Waals surface area contributed by atoms with Crippen LogP contribution in [0.15, 0.2) is 30.6 Å². The Labute approximate surface area is 130 Å². The predicted molar refractivity (Wildman–Crippen MR) is 83.5 cm³/mol. The van der Waals surface area contributed by atoms with Crippen LogP contribution in [0.1, 0.15) is 12.6 Å². The second-order valence-corrected chi connectivity index (χ2v) is 5.80. The van der Waals surface area contributed by atoms with E-state index in [2.05, 4.69) is 32.3 Å². The Morgan fingerprint density at radius 2 is 1.95 bits per heavy atom. The quantitative estimate of drug-likeness (QED) is 0.581. The molecule has 0 bridgehead atoms. The molecular formula is C14H13N7S. The summed E-state index contributed by atoms with van der Waals surface area (Å²) in [6, 6.07) is 5.83. The highest BCUT2D eigenvalue weighted by Gasteiger charge is 2.16. The van der Waals surface area contributed by atoms with Gasteiger partial charge in [-0.05, 0) is 32.0 Å². The van der Waals surface area contributed by atoms with Crippen LogP contribution in [0.4, 0.5) is 0 Å². The third-order valence-electron chi connectivity index (χ3n) is 3.43. The molecule has 0 aliphatic carbocycles. The van der Waals surface area contributed by atoms with Crippen molar-refractivity contribution >= 4 is 16.3 Å². The molecule has 0 atom stereocenters. The molecule has 4 rings (SSSR count). The van der Waals surface area contributed by atoms with E-state index in [1.54, 1.807) is 16.9 Å². The number of nitrogens with zero attached hydrogens (tertiary/aromatic N) is 7. The van der Waals surface area contributed by atoms with Crippen molar-refractivity contribution in [2.45, 2.75) is 20.4 Å². The summed E-state index contributed by atoms with van der Waals surface area (Å²) in [7, 11) is 0. The third kappa shape index (κ3) is 2.00. The van der Waals surface area contributed by atoms with Gasteiger partial charge >= 0.3 is 0 Å². The van der Waals surface area contributed by atoms with Crippen LogP contribution in [-0.2, 0) is 6.54 Å². The van der Waals surface area contributed by atoms with Crippen molar-refractivity contribution in [2.24, 2.45) is 0 Å². The average Bonchev–Trinajstić information content (AvgIpc) is 3.21. The molecular weight excluding hydrogens is 298 g/mol. The summed E-state index contributed by atoms with van der Waals surface area (Å²) in [5.74, 6) is 0.714. The van der Waals surface area contributed by atoms with Crippen LogP contribution in [0.3, 0.4) is 0 Å². The molecule has 0 saturated heterocycles. The number of fused-ring (bicyclic) bond motifs is 1. The van der Waals surface area contributed by atoms with Crippen LogP contribution < -0.4 is 0 Å². The van der Waals surface area contributed by atoms with Gasteiger partial charge in [0.1, 0.15) is 5.69 Å². The lowest BCUT2D eigenvalue weighted by Crippen LogP contribution is -1.98. The number of hydrogen-bond donors (Lipinski definition) is 0. The summed E-state index contributed by atoms with van der Waals surface area (Å²) in [5.41, 5.74) is 2.93. The molecule has 0 aliphatic rings. The smallest absolute Gasteiger partial charge is 0.235 e. The zero-order valence-electron chi connectivity index (χ0n) is 12.1. The molecule has 0 saturated carbocycles. The highest BCUT2D eigenvalue weighted by atomic mass is 32.1. The molecule has 4 heterocycles. The molecule has 0 aromatic carbocycles. The van der Waals surface area contributed by atoms with Gasteiger partial charge in [0, 0.05) is 30.2 Å². The third-order valence-corrected chi connectivity index (χ3v) is 4.35. The largest absolute Gasteiger partial charge is 0.269 e. The standard InChI is InChI=1S/C14H13N7S/c1-3-20-9(2)8-11(18-20)13-19-21-12(16-17-14(21)22-13)10-4-6-15-7-5-10/h4-8H,3H2,1-2H3. The zero-order valence-corrected chi connectivity index (χ0v) is 12.9. The molecule has 110 valence electrons. The summed E-state index contributed by atoms with van der Waals surface area (Å²) >= 11 is 1.49. The second-order valence-electron chi connectivity index (χ2n) is 4.85. The van der Waals surface area contributed by atoms with Crippen LogP contribution in [0.25, 0.3) is 27.1 Å². The molecule has 4 aromatic rings. The van der Waals surface area contributed by atoms with Gasteiger partial charge in [-0.25, -0.2) is 0 Å². The molecule has 0 spiro atoms. The molecule has 0 radical (unpaired) electrons. The van der Waals surface area contributed by atoms with Gasteiger partial charge < -0.3 is 0 Å². The van der Waals surface area contributed by atoms with Gasteiger partial charge in [0.05, 0.1) is 0 Å². The van der Waals surface area contributed by atoms with E-state index >= 15 is 0 Å². The van der Waals surface area contributed by atoms with Crippen molar-refractivity contribution in [1.82, 2.24) is 34.6 Å². The lowest BCUT2D eigenvalue weighted by molar-refractivity contribution is 0.641. The summed E-state index contributed by atoms with van der Waals surface area (Å²) in [5, 5.41) is 18.4. The topological polar surface area (TPSA) is 73.8 Å². The maximum atomic E-state index is 4.62. The van der Waals surface area contributed by atoms with Gasteiger partial charge in [-0.15, -0.1) is 10.2 Å². The Balaban J connectivity index is 1.83. The van der Waals surface area contributed by atoms with E-state index in [9.17, 15) is 0 Å². The Morgan fingerprint density at radius 3 is 2.68 bits per heavy atom. The average molecular weight is 311 g/mol. The van der Waals surface area contributed by atoms with Crippen LogP contribution >= 0.6 is 11.3 Å². The molecule has 22 heavy (non-hydrogen) atoms. The number of pyridine rings is 1. The molecule has 8 heteroatoms. The van der Waals surface area contributed by atoms with Crippen molar-refractivity contribution < 1.29 is 0 Å². The van der Waals surface area contributed by atoms with E-state index in [-0.39, 0.29) is 0 Å². The summed E-state index contributed by atoms with van der Waals surface area (Å²) in [6.45, 7) is 4.96. The lowest BCUT2D eigenvalue weighted by Gasteiger charge is -1.96. The van der Waals surface area contributed by atoms with E-state index in [0.717, 1.165) is 33.5 Å². The molecule has 0 amide bonds. The SMILES string of the molecule is CCn1nc(-c2nn3c(-c4ccncc4)nnc3s2)cc1C. The number of hydrogen-bond acceptors (Lipinski definition) is 6. The van der Waals surface area contributed by atoms with Crippen molar-refractivity contribution in [3.8, 4) is 22.1 Å². The molecule has 7 nitrogen and oxygen atoms in total. The lowest BCUT2D eigenvalue weighted by atomic mass is 10.2. The van der Waals surface area contributed by atoms with E-state index < -0.39 is 0 Å². The Kier molecular flexibility index (Phi) is 2.97. The summed E-state index contributed by atoms with van der Waals surface area (Å²) < 4.78 is 3.72. The van der Waals surface area contributed by atoms with E-state index in [4.69, 9.17) is 0 Å². The maximum Gasteiger partial charge on any atom is 0.235 e. The van der Waals surface area contributed by atoms with Crippen LogP contribution in [0.2, 0.25) is 0 Å². The highest BCUT2D eigenvalue weighted by molar-refractivity contribution is 7.19. The van der Waals surface area contributed by atoms with E-state index in [1.807, 2.05) is 29.8 Å². The minimum Gasteiger partial charge on any atom is -0.269 e. The zero-order chi connectivity index (χ0) is 15.1. The van der Waals surface area contributed by atoms with Crippen molar-refractivity contribution in [1.29, 1.82) is 0 Å². The molecule has 0 fully saturated rings. The van der Waals surface area contributed by atoms with Gasteiger partial charge in [-0.1, -0.05) is 11.3 Å². The molecule has 0 unspecified atom stereocenters. The fraction of sp³-hybridized carbons (Fsp3) is 0.214. The van der Waals surface area contributed by atoms with Crippen LogP contribution in [0.5, 0.6) is 0 Å². The van der Waals surface area contributed by atoms with Gasteiger partial charge in [0.25, 0.3) is 0 Å². The second kappa shape index (κ2) is 4.99. The fourth-order valence-corrected chi connectivity index (χ4v) is 3.13. The first-order valence-electron chi connectivity index (χ1n) is 6.93. The van der Waals surface area contributed by atoms with Gasteiger partial charge in [0.15, 0.2) is 10.8 Å². The first kappa shape index (κ1) is 13.1. The van der Waals surface area contributed by atoms with Crippen molar-refractivity contribution in [3.63, 3.8) is 0 Å². The van der Waals surface area contributed by atoms with Crippen molar-refractivity contribution in [2.75, 3.05) is 0 Å². The highest BCUT2D eigenvalue weighted by Crippen LogP contribution is 2.27. The normalized spacial score (nSPS) is 11.4. The van der Waals surface area contributed by atoms with E-state index in [0.29, 0.717) is 5.82 Å². The Bertz CT molecular complexity index is 935. The minimum absolute atomic E-state index is 0.714. The fourth-order valence-electron chi connectivity index (χ4n) is 2.34. The van der Waals surface area contributed by atoms with Gasteiger partial charge in [0.2, 0.25) is 4.96 Å². The Morgan fingerprint density at radius 1 is 1.14 bits per heavy atom. The minimum atomic E-state index is 0.714. The molecule has 0 aliphatic heterocycles. The molecule has 0 N–H and O–H groups in total. The molecule has 4 aromatic heterocycles. The monoisotopic (exact) mass is 311 g/mol. The maximum absolute atomic E-state index is 4.62. The number of aryl methyl sites for hydroxylation is 2. The van der Waals surface area contributed by atoms with Crippen LogP contribution in [0, 0.1) is 6.92 Å². The number of rotatable bonds is 3. The van der Waals surface area contributed by atoms with Gasteiger partial charge in [-0.3, -0.25) is 9.67 Å². The van der Waals surface area contributed by atoms with Crippen LogP contribution in [-0.4, -0.2) is 34.6 Å². The summed E-state index contributed by atoms with van der Waals surface area (Å²) in [6.07, 6.45) is 3.46. The first-order chi connectivity index (χ1) is 10.8. The first-order valence-corrected chi connectivity index (χ1v) is 7.75. The van der Waals surface area contributed by atoms with Gasteiger partial charge in [-0.2, -0.15) is 14.7 Å².